The van der Waals surface area contributed by atoms with Gasteiger partial charge in [0.2, 0.25) is 0 Å². The highest BCUT2D eigenvalue weighted by molar-refractivity contribution is 7.98. The summed E-state index contributed by atoms with van der Waals surface area (Å²) in [5.74, 6) is 2.44. The second kappa shape index (κ2) is 5.62. The van der Waals surface area contributed by atoms with E-state index in [0.29, 0.717) is 5.69 Å². The largest absolute Gasteiger partial charge is 0.305 e. The van der Waals surface area contributed by atoms with Crippen molar-refractivity contribution < 1.29 is 4.79 Å². The van der Waals surface area contributed by atoms with Crippen LogP contribution in [-0.2, 0) is 17.0 Å². The molecule has 7 heteroatoms. The summed E-state index contributed by atoms with van der Waals surface area (Å²) in [7, 11) is 0. The number of anilines is 1. The van der Waals surface area contributed by atoms with Gasteiger partial charge >= 0.3 is 0 Å². The molecule has 3 aromatic heterocycles. The minimum absolute atomic E-state index is 0.152. The Morgan fingerprint density at radius 1 is 1.28 bits per heavy atom. The third-order valence-corrected chi connectivity index (χ3v) is 5.31. The van der Waals surface area contributed by atoms with Gasteiger partial charge in [0.1, 0.15) is 17.2 Å². The fraction of sp³-hybridized carbons (Fsp3) is 0.389. The number of imidazole rings is 1. The van der Waals surface area contributed by atoms with Crippen LogP contribution in [0.3, 0.4) is 0 Å². The number of thioether (sulfide) groups is 1. The number of hydrogen-bond acceptors (Lipinski definition) is 4. The molecule has 3 aromatic rings. The Labute approximate surface area is 150 Å². The van der Waals surface area contributed by atoms with Crippen LogP contribution in [0.15, 0.2) is 24.4 Å². The van der Waals surface area contributed by atoms with Crippen molar-refractivity contribution in [3.63, 3.8) is 0 Å². The van der Waals surface area contributed by atoms with Crippen LogP contribution < -0.4 is 5.32 Å². The molecule has 1 aliphatic heterocycles. The number of amides is 1. The van der Waals surface area contributed by atoms with E-state index in [4.69, 9.17) is 5.10 Å². The molecule has 0 saturated heterocycles. The number of nitrogens with one attached hydrogen (secondary N) is 1. The smallest absolute Gasteiger partial charge is 0.275 e. The lowest BCUT2D eigenvalue weighted by atomic mass is 10.1. The molecule has 4 heterocycles. The van der Waals surface area contributed by atoms with E-state index in [9.17, 15) is 4.79 Å². The molecular formula is C18H21N5OS. The molecule has 0 spiro atoms. The van der Waals surface area contributed by atoms with Crippen LogP contribution in [0.4, 0.5) is 5.82 Å². The van der Waals surface area contributed by atoms with Crippen LogP contribution in [0.5, 0.6) is 0 Å². The Balaban J connectivity index is 1.78. The number of nitrogens with zero attached hydrogens (tertiary/aromatic N) is 4. The second-order valence-corrected chi connectivity index (χ2v) is 8.26. The minimum atomic E-state index is -0.202. The van der Waals surface area contributed by atoms with Gasteiger partial charge in [-0.25, -0.2) is 9.67 Å². The maximum Gasteiger partial charge on any atom is 0.275 e. The summed E-state index contributed by atoms with van der Waals surface area (Å²) in [4.78, 5) is 17.5. The Bertz CT molecular complexity index is 979. The standard InChI is InChI=1S/C18H21N5OS/c1-11-15(22-8-6-5-7-14(22)19-11)17(24)20-16-12-9-25-10-13(12)21-23(16)18(2,3)4/h5-8H,9-10H2,1-4H3,(H,20,24). The molecule has 1 amide bonds. The second-order valence-electron chi connectivity index (χ2n) is 7.28. The van der Waals surface area contributed by atoms with E-state index in [1.54, 1.807) is 0 Å². The maximum absolute atomic E-state index is 13.1. The Morgan fingerprint density at radius 2 is 2.08 bits per heavy atom. The van der Waals surface area contributed by atoms with Crippen molar-refractivity contribution in [2.24, 2.45) is 0 Å². The van der Waals surface area contributed by atoms with Crippen molar-refractivity contribution in [1.82, 2.24) is 19.2 Å². The van der Waals surface area contributed by atoms with Crippen molar-refractivity contribution >= 4 is 29.1 Å². The number of aryl methyl sites for hydroxylation is 1. The van der Waals surface area contributed by atoms with Crippen molar-refractivity contribution in [2.75, 3.05) is 5.32 Å². The molecule has 1 N–H and O–H groups in total. The molecule has 4 rings (SSSR count). The van der Waals surface area contributed by atoms with Crippen LogP contribution in [0, 0.1) is 6.92 Å². The summed E-state index contributed by atoms with van der Waals surface area (Å²) in [6.45, 7) is 8.15. The van der Waals surface area contributed by atoms with E-state index in [1.807, 2.05) is 52.2 Å². The van der Waals surface area contributed by atoms with Gasteiger partial charge in [0.25, 0.3) is 5.91 Å². The Kier molecular flexibility index (Phi) is 3.64. The molecule has 6 nitrogen and oxygen atoms in total. The summed E-state index contributed by atoms with van der Waals surface area (Å²) >= 11 is 1.83. The number of hydrogen-bond donors (Lipinski definition) is 1. The highest BCUT2D eigenvalue weighted by atomic mass is 32.2. The van der Waals surface area contributed by atoms with Crippen LogP contribution in [0.25, 0.3) is 5.65 Å². The molecular weight excluding hydrogens is 334 g/mol. The summed E-state index contributed by atoms with van der Waals surface area (Å²) < 4.78 is 3.77. The number of pyridine rings is 1. The average Bonchev–Trinajstić information content (AvgIpc) is 3.19. The van der Waals surface area contributed by atoms with Crippen molar-refractivity contribution in [3.8, 4) is 0 Å². The van der Waals surface area contributed by atoms with Crippen molar-refractivity contribution in [3.05, 3.63) is 47.0 Å². The van der Waals surface area contributed by atoms with Crippen molar-refractivity contribution in [2.45, 2.75) is 44.7 Å². The number of rotatable bonds is 2. The van der Waals surface area contributed by atoms with Gasteiger partial charge in [-0.1, -0.05) is 6.07 Å². The van der Waals surface area contributed by atoms with E-state index in [-0.39, 0.29) is 11.4 Å². The molecule has 1 aliphatic rings. The van der Waals surface area contributed by atoms with Crippen LogP contribution >= 0.6 is 11.8 Å². The SMILES string of the molecule is Cc1nc2ccccn2c1C(=O)Nc1c2c(nn1C(C)(C)C)CSC2. The molecule has 0 bridgehead atoms. The lowest BCUT2D eigenvalue weighted by molar-refractivity contribution is 0.101. The normalized spacial score (nSPS) is 14.1. The van der Waals surface area contributed by atoms with Gasteiger partial charge < -0.3 is 5.32 Å². The lowest BCUT2D eigenvalue weighted by Gasteiger charge is -2.23. The van der Waals surface area contributed by atoms with Gasteiger partial charge in [-0.05, 0) is 39.8 Å². The third-order valence-electron chi connectivity index (χ3n) is 4.34. The third kappa shape index (κ3) is 2.63. The van der Waals surface area contributed by atoms with Crippen LogP contribution in [-0.4, -0.2) is 25.1 Å². The van der Waals surface area contributed by atoms with Gasteiger partial charge in [0.15, 0.2) is 0 Å². The van der Waals surface area contributed by atoms with E-state index < -0.39 is 0 Å². The summed E-state index contributed by atoms with van der Waals surface area (Å²) in [5.41, 5.74) is 4.07. The highest BCUT2D eigenvalue weighted by Crippen LogP contribution is 2.37. The lowest BCUT2D eigenvalue weighted by Crippen LogP contribution is -2.28. The molecule has 25 heavy (non-hydrogen) atoms. The summed E-state index contributed by atoms with van der Waals surface area (Å²) in [5, 5.41) is 7.86. The quantitative estimate of drug-likeness (QED) is 0.763. The number of aromatic nitrogens is 4. The van der Waals surface area contributed by atoms with Crippen LogP contribution in [0.2, 0.25) is 0 Å². The predicted molar refractivity (Wildman–Crippen MR) is 100 cm³/mol. The van der Waals surface area contributed by atoms with E-state index in [2.05, 4.69) is 31.1 Å². The zero-order valence-corrected chi connectivity index (χ0v) is 15.6. The first-order chi connectivity index (χ1) is 11.9. The van der Waals surface area contributed by atoms with Gasteiger partial charge in [-0.3, -0.25) is 9.20 Å². The number of carbonyl (C=O) groups excluding carboxylic acids is 1. The topological polar surface area (TPSA) is 64.2 Å². The van der Waals surface area contributed by atoms with Crippen LogP contribution in [0.1, 0.15) is 48.2 Å². The molecule has 0 radical (unpaired) electrons. The predicted octanol–water partition coefficient (Wildman–Crippen LogP) is 3.59. The first-order valence-electron chi connectivity index (χ1n) is 8.30. The number of carbonyl (C=O) groups is 1. The Hall–Kier alpha value is -2.28. The van der Waals surface area contributed by atoms with Gasteiger partial charge in [0.05, 0.1) is 16.9 Å². The molecule has 0 aromatic carbocycles. The number of fused-ring (bicyclic) bond motifs is 2. The monoisotopic (exact) mass is 355 g/mol. The molecule has 130 valence electrons. The molecule has 0 aliphatic carbocycles. The fourth-order valence-electron chi connectivity index (χ4n) is 3.18. The highest BCUT2D eigenvalue weighted by Gasteiger charge is 2.29. The summed E-state index contributed by atoms with van der Waals surface area (Å²) in [6.07, 6.45) is 1.87. The average molecular weight is 355 g/mol. The van der Waals surface area contributed by atoms with E-state index >= 15 is 0 Å². The molecule has 0 fully saturated rings. The fourth-order valence-corrected chi connectivity index (χ4v) is 4.22. The Morgan fingerprint density at radius 3 is 2.84 bits per heavy atom. The zero-order chi connectivity index (χ0) is 17.8. The molecule has 0 saturated carbocycles. The molecule has 0 atom stereocenters. The molecule has 0 unspecified atom stereocenters. The summed E-state index contributed by atoms with van der Waals surface area (Å²) in [6, 6.07) is 5.72. The first kappa shape index (κ1) is 16.2. The maximum atomic E-state index is 13.1. The van der Waals surface area contributed by atoms with Gasteiger partial charge in [0, 0.05) is 23.3 Å². The van der Waals surface area contributed by atoms with Crippen molar-refractivity contribution in [1.29, 1.82) is 0 Å². The zero-order valence-electron chi connectivity index (χ0n) is 14.8. The first-order valence-corrected chi connectivity index (χ1v) is 9.46. The van der Waals surface area contributed by atoms with Gasteiger partial charge in [-0.2, -0.15) is 16.9 Å². The van der Waals surface area contributed by atoms with E-state index in [0.717, 1.165) is 39.9 Å². The van der Waals surface area contributed by atoms with E-state index in [1.165, 1.54) is 0 Å². The van der Waals surface area contributed by atoms with Gasteiger partial charge in [-0.15, -0.1) is 0 Å². The minimum Gasteiger partial charge on any atom is -0.305 e.